The summed E-state index contributed by atoms with van der Waals surface area (Å²) in [7, 11) is 0. The Bertz CT molecular complexity index is 769. The highest BCUT2D eigenvalue weighted by molar-refractivity contribution is 5.82. The number of nitrogens with two attached hydrogens (primary N) is 1. The van der Waals surface area contributed by atoms with Gasteiger partial charge in [-0.15, -0.1) is 0 Å². The number of anilines is 1. The summed E-state index contributed by atoms with van der Waals surface area (Å²) in [6.07, 6.45) is 0. The van der Waals surface area contributed by atoms with Crippen molar-refractivity contribution in [1.82, 2.24) is 9.97 Å². The van der Waals surface area contributed by atoms with Crippen LogP contribution in [0, 0.1) is 20.8 Å². The van der Waals surface area contributed by atoms with Crippen molar-refractivity contribution < 1.29 is 0 Å². The van der Waals surface area contributed by atoms with Gasteiger partial charge in [0.2, 0.25) is 0 Å². The molecule has 1 heterocycles. The molecule has 0 unspecified atom stereocenters. The third-order valence-corrected chi connectivity index (χ3v) is 3.60. The molecule has 0 radical (unpaired) electrons. The third kappa shape index (κ3) is 1.97. The number of nitrogen functional groups attached to an aromatic ring is 1. The minimum absolute atomic E-state index is 0.750. The van der Waals surface area contributed by atoms with E-state index in [1.165, 1.54) is 16.7 Å². The SMILES string of the molecule is Cc1cc(C)c(-c2nc3ccc(N)cc3[nH]2)cc1C. The van der Waals surface area contributed by atoms with Crippen LogP contribution in [0.4, 0.5) is 5.69 Å². The summed E-state index contributed by atoms with van der Waals surface area (Å²) < 4.78 is 0. The molecule has 0 spiro atoms. The molecule has 19 heavy (non-hydrogen) atoms. The zero-order valence-electron chi connectivity index (χ0n) is 11.4. The first-order valence-corrected chi connectivity index (χ1v) is 6.38. The van der Waals surface area contributed by atoms with Crippen LogP contribution < -0.4 is 5.73 Å². The van der Waals surface area contributed by atoms with E-state index in [1.54, 1.807) is 0 Å². The Hall–Kier alpha value is -2.29. The number of hydrogen-bond donors (Lipinski definition) is 2. The van der Waals surface area contributed by atoms with Gasteiger partial charge in [-0.1, -0.05) is 6.07 Å². The Balaban J connectivity index is 2.21. The monoisotopic (exact) mass is 251 g/mol. The quantitative estimate of drug-likeness (QED) is 0.647. The van der Waals surface area contributed by atoms with E-state index < -0.39 is 0 Å². The fourth-order valence-corrected chi connectivity index (χ4v) is 2.37. The normalized spacial score (nSPS) is 11.1. The molecule has 0 saturated carbocycles. The molecule has 0 fully saturated rings. The molecule has 3 heteroatoms. The summed E-state index contributed by atoms with van der Waals surface area (Å²) in [5.74, 6) is 0.904. The van der Waals surface area contributed by atoms with E-state index in [0.717, 1.165) is 28.1 Å². The molecule has 0 aliphatic rings. The first kappa shape index (κ1) is 11.8. The first-order valence-electron chi connectivity index (χ1n) is 6.38. The lowest BCUT2D eigenvalue weighted by atomic mass is 10.0. The van der Waals surface area contributed by atoms with Gasteiger partial charge in [-0.25, -0.2) is 4.98 Å². The van der Waals surface area contributed by atoms with Crippen molar-refractivity contribution in [2.75, 3.05) is 5.73 Å². The molecule has 0 saturated heterocycles. The maximum absolute atomic E-state index is 5.80. The number of aryl methyl sites for hydroxylation is 3. The highest BCUT2D eigenvalue weighted by Gasteiger charge is 2.09. The Morgan fingerprint density at radius 1 is 0.947 bits per heavy atom. The Kier molecular flexibility index (Phi) is 2.56. The molecular formula is C16H17N3. The van der Waals surface area contributed by atoms with E-state index in [1.807, 2.05) is 18.2 Å². The predicted octanol–water partition coefficient (Wildman–Crippen LogP) is 3.74. The summed E-state index contributed by atoms with van der Waals surface area (Å²) >= 11 is 0. The number of benzene rings is 2. The Morgan fingerprint density at radius 2 is 1.68 bits per heavy atom. The van der Waals surface area contributed by atoms with Crippen molar-refractivity contribution in [2.45, 2.75) is 20.8 Å². The number of rotatable bonds is 1. The smallest absolute Gasteiger partial charge is 0.138 e. The van der Waals surface area contributed by atoms with Gasteiger partial charge >= 0.3 is 0 Å². The first-order chi connectivity index (χ1) is 9.04. The molecule has 3 N–H and O–H groups in total. The Morgan fingerprint density at radius 3 is 2.47 bits per heavy atom. The zero-order valence-corrected chi connectivity index (χ0v) is 11.4. The lowest BCUT2D eigenvalue weighted by Crippen LogP contribution is -1.90. The second-order valence-corrected chi connectivity index (χ2v) is 5.11. The molecule has 0 amide bonds. The number of nitrogens with one attached hydrogen (secondary N) is 1. The molecule has 0 aliphatic carbocycles. The van der Waals surface area contributed by atoms with Gasteiger partial charge in [-0.2, -0.15) is 0 Å². The average Bonchev–Trinajstić information content (AvgIpc) is 2.76. The molecule has 0 bridgehead atoms. The number of aromatic nitrogens is 2. The van der Waals surface area contributed by atoms with Gasteiger partial charge in [-0.05, 0) is 61.7 Å². The van der Waals surface area contributed by atoms with Crippen LogP contribution in [0.2, 0.25) is 0 Å². The maximum atomic E-state index is 5.80. The van der Waals surface area contributed by atoms with Crippen LogP contribution >= 0.6 is 0 Å². The van der Waals surface area contributed by atoms with Gasteiger partial charge in [0.1, 0.15) is 5.82 Å². The number of hydrogen-bond acceptors (Lipinski definition) is 2. The summed E-state index contributed by atoms with van der Waals surface area (Å²) in [5.41, 5.74) is 13.4. The lowest BCUT2D eigenvalue weighted by Gasteiger charge is -2.07. The lowest BCUT2D eigenvalue weighted by molar-refractivity contribution is 1.26. The molecule has 96 valence electrons. The summed E-state index contributed by atoms with van der Waals surface area (Å²) in [6, 6.07) is 10.1. The number of fused-ring (bicyclic) bond motifs is 1. The van der Waals surface area contributed by atoms with Crippen LogP contribution in [-0.2, 0) is 0 Å². The highest BCUT2D eigenvalue weighted by atomic mass is 14.9. The number of imidazole rings is 1. The molecule has 0 atom stereocenters. The van der Waals surface area contributed by atoms with Crippen LogP contribution in [0.5, 0.6) is 0 Å². The van der Waals surface area contributed by atoms with Crippen molar-refractivity contribution >= 4 is 16.7 Å². The molecule has 3 aromatic rings. The van der Waals surface area contributed by atoms with Gasteiger partial charge in [0.15, 0.2) is 0 Å². The molecular weight excluding hydrogens is 234 g/mol. The second kappa shape index (κ2) is 4.12. The molecule has 3 nitrogen and oxygen atoms in total. The van der Waals surface area contributed by atoms with Gasteiger partial charge in [0, 0.05) is 11.3 Å². The number of H-pyrrole nitrogens is 1. The van der Waals surface area contributed by atoms with Gasteiger partial charge in [0.05, 0.1) is 11.0 Å². The fourth-order valence-electron chi connectivity index (χ4n) is 2.37. The fraction of sp³-hybridized carbons (Fsp3) is 0.188. The van der Waals surface area contributed by atoms with Crippen molar-refractivity contribution in [2.24, 2.45) is 0 Å². The average molecular weight is 251 g/mol. The largest absolute Gasteiger partial charge is 0.399 e. The third-order valence-electron chi connectivity index (χ3n) is 3.60. The van der Waals surface area contributed by atoms with Gasteiger partial charge < -0.3 is 10.7 Å². The minimum Gasteiger partial charge on any atom is -0.399 e. The molecule has 0 aliphatic heterocycles. The van der Waals surface area contributed by atoms with Crippen LogP contribution in [0.1, 0.15) is 16.7 Å². The maximum Gasteiger partial charge on any atom is 0.138 e. The summed E-state index contributed by atoms with van der Waals surface area (Å²) in [6.45, 7) is 6.37. The molecule has 2 aromatic carbocycles. The van der Waals surface area contributed by atoms with E-state index in [2.05, 4.69) is 42.9 Å². The van der Waals surface area contributed by atoms with Crippen molar-refractivity contribution in [3.05, 3.63) is 47.0 Å². The predicted molar refractivity (Wildman–Crippen MR) is 80.2 cm³/mol. The van der Waals surface area contributed by atoms with Gasteiger partial charge in [0.25, 0.3) is 0 Å². The molecule has 1 aromatic heterocycles. The van der Waals surface area contributed by atoms with Gasteiger partial charge in [-0.3, -0.25) is 0 Å². The van der Waals surface area contributed by atoms with E-state index >= 15 is 0 Å². The highest BCUT2D eigenvalue weighted by Crippen LogP contribution is 2.26. The zero-order chi connectivity index (χ0) is 13.6. The van der Waals surface area contributed by atoms with E-state index in [-0.39, 0.29) is 0 Å². The summed E-state index contributed by atoms with van der Waals surface area (Å²) in [4.78, 5) is 7.99. The van der Waals surface area contributed by atoms with Crippen molar-refractivity contribution in [1.29, 1.82) is 0 Å². The van der Waals surface area contributed by atoms with Crippen LogP contribution in [0.25, 0.3) is 22.4 Å². The standard InChI is InChI=1S/C16H17N3/c1-9-6-11(3)13(7-10(9)2)16-18-14-5-4-12(17)8-15(14)19-16/h4-8H,17H2,1-3H3,(H,18,19). The van der Waals surface area contributed by atoms with E-state index in [9.17, 15) is 0 Å². The molecule has 3 rings (SSSR count). The van der Waals surface area contributed by atoms with E-state index in [4.69, 9.17) is 5.73 Å². The van der Waals surface area contributed by atoms with Crippen LogP contribution in [-0.4, -0.2) is 9.97 Å². The number of nitrogens with zero attached hydrogens (tertiary/aromatic N) is 1. The Labute approximate surface area is 112 Å². The summed E-state index contributed by atoms with van der Waals surface area (Å²) in [5, 5.41) is 0. The van der Waals surface area contributed by atoms with Crippen molar-refractivity contribution in [3.8, 4) is 11.4 Å². The van der Waals surface area contributed by atoms with Crippen LogP contribution in [0.15, 0.2) is 30.3 Å². The second-order valence-electron chi connectivity index (χ2n) is 5.11. The topological polar surface area (TPSA) is 54.7 Å². The van der Waals surface area contributed by atoms with Crippen molar-refractivity contribution in [3.63, 3.8) is 0 Å². The minimum atomic E-state index is 0.750. The van der Waals surface area contributed by atoms with E-state index in [0.29, 0.717) is 0 Å². The van der Waals surface area contributed by atoms with Crippen LogP contribution in [0.3, 0.4) is 0 Å². The number of aromatic amines is 1.